The molecular weight excluding hydrogens is 334 g/mol. The Labute approximate surface area is 152 Å². The summed E-state index contributed by atoms with van der Waals surface area (Å²) in [6.07, 6.45) is 1.12. The molecule has 6 heteroatoms. The highest BCUT2D eigenvalue weighted by atomic mass is 16.6. The van der Waals surface area contributed by atoms with Gasteiger partial charge in [-0.15, -0.1) is 0 Å². The van der Waals surface area contributed by atoms with Crippen molar-refractivity contribution in [2.75, 3.05) is 13.1 Å². The molecule has 136 valence electrons. The fourth-order valence-corrected chi connectivity index (χ4v) is 2.84. The van der Waals surface area contributed by atoms with Gasteiger partial charge in [-0.1, -0.05) is 30.3 Å². The molecule has 0 aliphatic carbocycles. The molecule has 2 aromatic carbocycles. The molecule has 1 aliphatic heterocycles. The van der Waals surface area contributed by atoms with Crippen LogP contribution in [-0.4, -0.2) is 41.3 Å². The van der Waals surface area contributed by atoms with E-state index in [2.05, 4.69) is 0 Å². The molecule has 26 heavy (non-hydrogen) atoms. The summed E-state index contributed by atoms with van der Waals surface area (Å²) in [5, 5.41) is 8.90. The van der Waals surface area contributed by atoms with E-state index in [1.165, 1.54) is 12.1 Å². The first-order chi connectivity index (χ1) is 12.6. The summed E-state index contributed by atoms with van der Waals surface area (Å²) in [7, 11) is 0. The smallest absolute Gasteiger partial charge is 0.410 e. The highest BCUT2D eigenvalue weighted by molar-refractivity contribution is 5.87. The summed E-state index contributed by atoms with van der Waals surface area (Å²) in [4.78, 5) is 24.7. The van der Waals surface area contributed by atoms with Crippen molar-refractivity contribution in [2.24, 2.45) is 0 Å². The summed E-state index contributed by atoms with van der Waals surface area (Å²) in [6.45, 7) is 1.42. The van der Waals surface area contributed by atoms with Gasteiger partial charge in [-0.2, -0.15) is 0 Å². The normalized spacial score (nSPS) is 14.7. The first-order valence-corrected chi connectivity index (χ1v) is 8.57. The summed E-state index contributed by atoms with van der Waals surface area (Å²) in [5.74, 6) is -0.320. The van der Waals surface area contributed by atoms with Gasteiger partial charge in [-0.25, -0.2) is 9.59 Å². The molecule has 3 rings (SSSR count). The zero-order valence-electron chi connectivity index (χ0n) is 14.3. The van der Waals surface area contributed by atoms with Crippen molar-refractivity contribution < 1.29 is 24.2 Å². The van der Waals surface area contributed by atoms with Crippen LogP contribution in [-0.2, 0) is 11.3 Å². The first kappa shape index (κ1) is 17.8. The minimum atomic E-state index is -0.959. The van der Waals surface area contributed by atoms with Gasteiger partial charge in [-0.3, -0.25) is 0 Å². The second-order valence-electron chi connectivity index (χ2n) is 6.17. The molecule has 1 heterocycles. The quantitative estimate of drug-likeness (QED) is 0.887. The van der Waals surface area contributed by atoms with E-state index in [0.717, 1.165) is 5.56 Å². The van der Waals surface area contributed by atoms with Gasteiger partial charge in [-0.05, 0) is 29.8 Å². The van der Waals surface area contributed by atoms with Crippen LogP contribution in [0.4, 0.5) is 4.79 Å². The number of rotatable bonds is 5. The molecule has 0 radical (unpaired) electrons. The molecule has 0 spiro atoms. The van der Waals surface area contributed by atoms with Crippen LogP contribution in [0.3, 0.4) is 0 Å². The Balaban J connectivity index is 1.43. The molecule has 0 atom stereocenters. The van der Waals surface area contributed by atoms with E-state index in [0.29, 0.717) is 31.7 Å². The van der Waals surface area contributed by atoms with Crippen LogP contribution in [0.5, 0.6) is 5.75 Å². The summed E-state index contributed by atoms with van der Waals surface area (Å²) < 4.78 is 11.2. The van der Waals surface area contributed by atoms with Crippen LogP contribution in [0.25, 0.3) is 0 Å². The van der Waals surface area contributed by atoms with Crippen molar-refractivity contribution in [3.63, 3.8) is 0 Å². The third-order valence-electron chi connectivity index (χ3n) is 4.31. The van der Waals surface area contributed by atoms with Gasteiger partial charge in [0.15, 0.2) is 0 Å². The SMILES string of the molecule is O=C(O)c1ccc(OC2CCN(C(=O)OCc3ccccc3)CC2)cc1. The van der Waals surface area contributed by atoms with E-state index in [9.17, 15) is 9.59 Å². The Bertz CT molecular complexity index is 737. The van der Waals surface area contributed by atoms with E-state index in [1.807, 2.05) is 30.3 Å². The van der Waals surface area contributed by atoms with E-state index in [1.54, 1.807) is 17.0 Å². The number of carboxylic acids is 1. The molecule has 0 saturated carbocycles. The van der Waals surface area contributed by atoms with Crippen LogP contribution in [0, 0.1) is 0 Å². The highest BCUT2D eigenvalue weighted by Gasteiger charge is 2.25. The van der Waals surface area contributed by atoms with Crippen molar-refractivity contribution in [3.05, 3.63) is 65.7 Å². The molecule has 1 aliphatic rings. The Morgan fingerprint density at radius 3 is 2.27 bits per heavy atom. The maximum Gasteiger partial charge on any atom is 0.410 e. The maximum absolute atomic E-state index is 12.1. The average Bonchev–Trinajstić information content (AvgIpc) is 2.68. The second-order valence-corrected chi connectivity index (χ2v) is 6.17. The average molecular weight is 355 g/mol. The van der Waals surface area contributed by atoms with E-state index < -0.39 is 5.97 Å². The van der Waals surface area contributed by atoms with Gasteiger partial charge in [0.25, 0.3) is 0 Å². The van der Waals surface area contributed by atoms with Crippen LogP contribution < -0.4 is 4.74 Å². The molecule has 0 unspecified atom stereocenters. The molecule has 2 aromatic rings. The van der Waals surface area contributed by atoms with Crippen LogP contribution in [0.15, 0.2) is 54.6 Å². The first-order valence-electron chi connectivity index (χ1n) is 8.57. The lowest BCUT2D eigenvalue weighted by Gasteiger charge is -2.31. The topological polar surface area (TPSA) is 76.1 Å². The van der Waals surface area contributed by atoms with E-state index in [4.69, 9.17) is 14.6 Å². The lowest BCUT2D eigenvalue weighted by Crippen LogP contribution is -2.42. The fraction of sp³-hybridized carbons (Fsp3) is 0.300. The monoisotopic (exact) mass is 355 g/mol. The summed E-state index contributed by atoms with van der Waals surface area (Å²) >= 11 is 0. The number of hydrogen-bond acceptors (Lipinski definition) is 4. The van der Waals surface area contributed by atoms with Gasteiger partial charge in [0.1, 0.15) is 18.5 Å². The zero-order chi connectivity index (χ0) is 18.4. The Kier molecular flexibility index (Phi) is 5.73. The van der Waals surface area contributed by atoms with Crippen LogP contribution in [0.1, 0.15) is 28.8 Å². The lowest BCUT2D eigenvalue weighted by atomic mass is 10.1. The third kappa shape index (κ3) is 4.75. The molecule has 6 nitrogen and oxygen atoms in total. The van der Waals surface area contributed by atoms with Crippen molar-refractivity contribution in [3.8, 4) is 5.75 Å². The minimum absolute atomic E-state index is 0.00357. The number of nitrogens with zero attached hydrogens (tertiary/aromatic N) is 1. The number of benzene rings is 2. The van der Waals surface area contributed by atoms with Crippen molar-refractivity contribution in [1.82, 2.24) is 4.90 Å². The number of aromatic carboxylic acids is 1. The molecule has 1 fully saturated rings. The Hall–Kier alpha value is -3.02. The van der Waals surface area contributed by atoms with Crippen LogP contribution >= 0.6 is 0 Å². The number of ether oxygens (including phenoxy) is 2. The van der Waals surface area contributed by atoms with Gasteiger partial charge in [0.2, 0.25) is 0 Å². The van der Waals surface area contributed by atoms with Crippen molar-refractivity contribution in [1.29, 1.82) is 0 Å². The molecular formula is C20H21NO5. The molecule has 0 aromatic heterocycles. The zero-order valence-corrected chi connectivity index (χ0v) is 14.3. The number of carboxylic acid groups (broad SMARTS) is 1. The Morgan fingerprint density at radius 1 is 1.00 bits per heavy atom. The number of carbonyl (C=O) groups is 2. The maximum atomic E-state index is 12.1. The number of piperidine rings is 1. The second kappa shape index (κ2) is 8.38. The predicted octanol–water partition coefficient (Wildman–Crippen LogP) is 3.56. The fourth-order valence-electron chi connectivity index (χ4n) is 2.84. The number of likely N-dealkylation sites (tertiary alicyclic amines) is 1. The van der Waals surface area contributed by atoms with Gasteiger partial charge in [0, 0.05) is 25.9 Å². The lowest BCUT2D eigenvalue weighted by molar-refractivity contribution is 0.0638. The third-order valence-corrected chi connectivity index (χ3v) is 4.31. The summed E-state index contributed by atoms with van der Waals surface area (Å²) in [6, 6.07) is 15.9. The van der Waals surface area contributed by atoms with Crippen molar-refractivity contribution in [2.45, 2.75) is 25.6 Å². The predicted molar refractivity (Wildman–Crippen MR) is 95.3 cm³/mol. The standard InChI is InChI=1S/C20H21NO5/c22-19(23)16-6-8-17(9-7-16)26-18-10-12-21(13-11-18)20(24)25-14-15-4-2-1-3-5-15/h1-9,18H,10-14H2,(H,22,23). The number of hydrogen-bond donors (Lipinski definition) is 1. The molecule has 1 saturated heterocycles. The number of amides is 1. The van der Waals surface area contributed by atoms with E-state index >= 15 is 0 Å². The van der Waals surface area contributed by atoms with Gasteiger partial charge >= 0.3 is 12.1 Å². The molecule has 1 amide bonds. The van der Waals surface area contributed by atoms with Crippen LogP contribution in [0.2, 0.25) is 0 Å². The number of carbonyl (C=O) groups excluding carboxylic acids is 1. The highest BCUT2D eigenvalue weighted by Crippen LogP contribution is 2.20. The Morgan fingerprint density at radius 2 is 1.65 bits per heavy atom. The van der Waals surface area contributed by atoms with Gasteiger partial charge < -0.3 is 19.5 Å². The minimum Gasteiger partial charge on any atom is -0.490 e. The van der Waals surface area contributed by atoms with E-state index in [-0.39, 0.29) is 24.4 Å². The van der Waals surface area contributed by atoms with Crippen molar-refractivity contribution >= 4 is 12.1 Å². The largest absolute Gasteiger partial charge is 0.490 e. The van der Waals surface area contributed by atoms with Gasteiger partial charge in [0.05, 0.1) is 5.56 Å². The summed E-state index contributed by atoms with van der Waals surface area (Å²) in [5.41, 5.74) is 1.19. The molecule has 1 N–H and O–H groups in total. The molecule has 0 bridgehead atoms.